The van der Waals surface area contributed by atoms with Gasteiger partial charge in [-0.25, -0.2) is 4.98 Å². The number of aromatic nitrogens is 1. The first-order chi connectivity index (χ1) is 7.66. The van der Waals surface area contributed by atoms with Gasteiger partial charge in [0.2, 0.25) is 0 Å². The predicted molar refractivity (Wildman–Crippen MR) is 58.3 cm³/mol. The number of hydrogen-bond donors (Lipinski definition) is 1. The minimum atomic E-state index is -0.439. The molecule has 6 nitrogen and oxygen atoms in total. The van der Waals surface area contributed by atoms with E-state index in [0.717, 1.165) is 19.4 Å². The second-order valence-electron chi connectivity index (χ2n) is 3.87. The van der Waals surface area contributed by atoms with Crippen molar-refractivity contribution in [2.24, 2.45) is 0 Å². The number of nitro groups is 1. The molecule has 0 aromatic carbocycles. The van der Waals surface area contributed by atoms with Crippen molar-refractivity contribution < 1.29 is 10.0 Å². The van der Waals surface area contributed by atoms with Gasteiger partial charge in [0.15, 0.2) is 0 Å². The van der Waals surface area contributed by atoms with Gasteiger partial charge in [0.25, 0.3) is 5.69 Å². The lowest BCUT2D eigenvalue weighted by molar-refractivity contribution is -0.384. The van der Waals surface area contributed by atoms with Crippen molar-refractivity contribution in [1.29, 1.82) is 0 Å². The fourth-order valence-corrected chi connectivity index (χ4v) is 1.86. The molecular weight excluding hydrogens is 210 g/mol. The van der Waals surface area contributed by atoms with Crippen LogP contribution in [0.1, 0.15) is 12.8 Å². The molecule has 2 rings (SSSR count). The molecule has 1 fully saturated rings. The van der Waals surface area contributed by atoms with E-state index in [-0.39, 0.29) is 11.8 Å². The van der Waals surface area contributed by atoms with Crippen molar-refractivity contribution in [1.82, 2.24) is 4.98 Å². The Bertz CT molecular complexity index is 397. The van der Waals surface area contributed by atoms with E-state index in [1.165, 1.54) is 18.3 Å². The molecule has 0 radical (unpaired) electrons. The number of piperidine rings is 1. The van der Waals surface area contributed by atoms with E-state index < -0.39 is 4.92 Å². The van der Waals surface area contributed by atoms with Gasteiger partial charge in [0.1, 0.15) is 5.82 Å². The Morgan fingerprint density at radius 1 is 1.62 bits per heavy atom. The number of rotatable bonds is 2. The van der Waals surface area contributed by atoms with Crippen LogP contribution in [0.3, 0.4) is 0 Å². The van der Waals surface area contributed by atoms with E-state index in [9.17, 15) is 15.2 Å². The number of aliphatic hydroxyl groups excluding tert-OH is 1. The number of nitrogens with zero attached hydrogens (tertiary/aromatic N) is 3. The minimum absolute atomic E-state index is 0.0325. The smallest absolute Gasteiger partial charge is 0.274 e. The van der Waals surface area contributed by atoms with Gasteiger partial charge in [-0.2, -0.15) is 0 Å². The Kier molecular flexibility index (Phi) is 3.00. The fraction of sp³-hybridized carbons (Fsp3) is 0.500. The van der Waals surface area contributed by atoms with Gasteiger partial charge in [-0.05, 0) is 12.8 Å². The third-order valence-corrected chi connectivity index (χ3v) is 2.66. The molecule has 0 unspecified atom stereocenters. The van der Waals surface area contributed by atoms with Gasteiger partial charge in [-0.1, -0.05) is 0 Å². The molecule has 6 heteroatoms. The average Bonchev–Trinajstić information content (AvgIpc) is 2.29. The van der Waals surface area contributed by atoms with Crippen molar-refractivity contribution in [3.63, 3.8) is 0 Å². The molecule has 86 valence electrons. The van der Waals surface area contributed by atoms with Crippen LogP contribution in [0, 0.1) is 10.1 Å². The molecule has 1 aliphatic heterocycles. The lowest BCUT2D eigenvalue weighted by atomic mass is 10.1. The molecule has 1 aromatic heterocycles. The van der Waals surface area contributed by atoms with Gasteiger partial charge in [-0.15, -0.1) is 0 Å². The summed E-state index contributed by atoms with van der Waals surface area (Å²) in [5, 5.41) is 20.1. The molecule has 0 saturated carbocycles. The summed E-state index contributed by atoms with van der Waals surface area (Å²) in [7, 11) is 0. The molecule has 0 aliphatic carbocycles. The highest BCUT2D eigenvalue weighted by atomic mass is 16.6. The maximum absolute atomic E-state index is 10.6. The second-order valence-corrected chi connectivity index (χ2v) is 3.87. The van der Waals surface area contributed by atoms with Crippen LogP contribution >= 0.6 is 0 Å². The summed E-state index contributed by atoms with van der Waals surface area (Å²) in [6.07, 6.45) is 2.72. The van der Waals surface area contributed by atoms with Crippen LogP contribution in [-0.4, -0.2) is 34.2 Å². The van der Waals surface area contributed by atoms with Crippen LogP contribution < -0.4 is 4.90 Å². The number of β-amino-alcohol motifs (C(OH)–C–C–N with tert-alkyl or cyclic N) is 1. The summed E-state index contributed by atoms with van der Waals surface area (Å²) >= 11 is 0. The van der Waals surface area contributed by atoms with Crippen LogP contribution in [0.4, 0.5) is 11.5 Å². The molecule has 1 atom stereocenters. The topological polar surface area (TPSA) is 79.5 Å². The van der Waals surface area contributed by atoms with Crippen molar-refractivity contribution in [3.05, 3.63) is 28.4 Å². The van der Waals surface area contributed by atoms with E-state index in [1.807, 2.05) is 4.90 Å². The highest BCUT2D eigenvalue weighted by Gasteiger charge is 2.20. The van der Waals surface area contributed by atoms with Crippen LogP contribution in [-0.2, 0) is 0 Å². The second kappa shape index (κ2) is 4.44. The third kappa shape index (κ3) is 2.27. The van der Waals surface area contributed by atoms with Gasteiger partial charge in [0.05, 0.1) is 17.1 Å². The highest BCUT2D eigenvalue weighted by molar-refractivity contribution is 5.47. The zero-order valence-electron chi connectivity index (χ0n) is 8.74. The van der Waals surface area contributed by atoms with E-state index in [4.69, 9.17) is 0 Å². The van der Waals surface area contributed by atoms with Crippen molar-refractivity contribution >= 4 is 11.5 Å². The summed E-state index contributed by atoms with van der Waals surface area (Å²) in [5.41, 5.74) is 0.0325. The number of pyridine rings is 1. The number of hydrogen-bond acceptors (Lipinski definition) is 5. The SMILES string of the molecule is O=[N+]([O-])c1ccnc(N2CCC[C@H](O)C2)c1. The van der Waals surface area contributed by atoms with Crippen LogP contribution in [0.25, 0.3) is 0 Å². The Morgan fingerprint density at radius 3 is 3.12 bits per heavy atom. The summed E-state index contributed by atoms with van der Waals surface area (Å²) < 4.78 is 0. The van der Waals surface area contributed by atoms with Crippen LogP contribution in [0.5, 0.6) is 0 Å². The standard InChI is InChI=1S/C10H13N3O3/c14-9-2-1-5-12(7-9)10-6-8(13(15)16)3-4-11-10/h3-4,6,9,14H,1-2,5,7H2/t9-/m0/s1. The Morgan fingerprint density at radius 2 is 2.44 bits per heavy atom. The lowest BCUT2D eigenvalue weighted by Gasteiger charge is -2.30. The van der Waals surface area contributed by atoms with Gasteiger partial charge in [-0.3, -0.25) is 10.1 Å². The normalized spacial score (nSPS) is 20.8. The molecule has 0 amide bonds. The number of anilines is 1. The quantitative estimate of drug-likeness (QED) is 0.596. The van der Waals surface area contributed by atoms with E-state index in [2.05, 4.69) is 4.98 Å². The summed E-state index contributed by atoms with van der Waals surface area (Å²) in [6, 6.07) is 2.81. The highest BCUT2D eigenvalue weighted by Crippen LogP contribution is 2.21. The number of aliphatic hydroxyl groups is 1. The molecule has 16 heavy (non-hydrogen) atoms. The van der Waals surface area contributed by atoms with Crippen LogP contribution in [0.2, 0.25) is 0 Å². The first kappa shape index (κ1) is 10.8. The summed E-state index contributed by atoms with van der Waals surface area (Å²) in [4.78, 5) is 16.1. The Labute approximate surface area is 92.7 Å². The largest absolute Gasteiger partial charge is 0.391 e. The summed E-state index contributed by atoms with van der Waals surface area (Å²) in [6.45, 7) is 1.28. The third-order valence-electron chi connectivity index (χ3n) is 2.66. The van der Waals surface area contributed by atoms with Crippen molar-refractivity contribution in [2.45, 2.75) is 18.9 Å². The fourth-order valence-electron chi connectivity index (χ4n) is 1.86. The van der Waals surface area contributed by atoms with Gasteiger partial charge >= 0.3 is 0 Å². The molecule has 1 aromatic rings. The van der Waals surface area contributed by atoms with Crippen molar-refractivity contribution in [3.8, 4) is 0 Å². The van der Waals surface area contributed by atoms with Crippen LogP contribution in [0.15, 0.2) is 18.3 Å². The Hall–Kier alpha value is -1.69. The molecule has 0 spiro atoms. The molecular formula is C10H13N3O3. The molecule has 2 heterocycles. The van der Waals surface area contributed by atoms with Gasteiger partial charge < -0.3 is 10.0 Å². The monoisotopic (exact) mass is 223 g/mol. The first-order valence-electron chi connectivity index (χ1n) is 5.20. The van der Waals surface area contributed by atoms with Gasteiger partial charge in [0, 0.05) is 25.4 Å². The molecule has 0 bridgehead atoms. The maximum Gasteiger partial charge on any atom is 0.274 e. The molecule has 1 N–H and O–H groups in total. The summed E-state index contributed by atoms with van der Waals surface area (Å²) in [5.74, 6) is 0.563. The van der Waals surface area contributed by atoms with E-state index in [1.54, 1.807) is 0 Å². The average molecular weight is 223 g/mol. The molecule has 1 saturated heterocycles. The van der Waals surface area contributed by atoms with E-state index in [0.29, 0.717) is 12.4 Å². The zero-order chi connectivity index (χ0) is 11.5. The zero-order valence-corrected chi connectivity index (χ0v) is 8.74. The van der Waals surface area contributed by atoms with E-state index >= 15 is 0 Å². The van der Waals surface area contributed by atoms with Crippen molar-refractivity contribution in [2.75, 3.05) is 18.0 Å². The predicted octanol–water partition coefficient (Wildman–Crippen LogP) is 0.951. The molecule has 1 aliphatic rings. The minimum Gasteiger partial charge on any atom is -0.391 e. The lowest BCUT2D eigenvalue weighted by Crippen LogP contribution is -2.38. The first-order valence-corrected chi connectivity index (χ1v) is 5.20. The maximum atomic E-state index is 10.6. The Balaban J connectivity index is 2.19.